The molecule has 0 amide bonds. The SMILES string of the molecule is CCOC(=O)C(C)(CCCCOCC(F)F)NC1CC1. The summed E-state index contributed by atoms with van der Waals surface area (Å²) in [5.41, 5.74) is -0.681. The molecule has 4 nitrogen and oxygen atoms in total. The van der Waals surface area contributed by atoms with E-state index in [2.05, 4.69) is 5.32 Å². The molecule has 0 aromatic rings. The Bertz CT molecular complexity index is 298. The molecular formula is C14H25F2NO3. The highest BCUT2D eigenvalue weighted by Crippen LogP contribution is 2.26. The van der Waals surface area contributed by atoms with Gasteiger partial charge in [0, 0.05) is 12.6 Å². The molecular weight excluding hydrogens is 268 g/mol. The van der Waals surface area contributed by atoms with Crippen molar-refractivity contribution in [2.24, 2.45) is 0 Å². The highest BCUT2D eigenvalue weighted by atomic mass is 19.3. The molecule has 1 rings (SSSR count). The first kappa shape index (κ1) is 17.3. The van der Waals surface area contributed by atoms with E-state index in [1.54, 1.807) is 6.92 Å². The Morgan fingerprint density at radius 1 is 1.40 bits per heavy atom. The van der Waals surface area contributed by atoms with E-state index in [-0.39, 0.29) is 5.97 Å². The molecule has 1 aliphatic rings. The molecule has 6 heteroatoms. The zero-order valence-corrected chi connectivity index (χ0v) is 12.3. The Kier molecular flexibility index (Phi) is 7.37. The van der Waals surface area contributed by atoms with Crippen LogP contribution in [0.3, 0.4) is 0 Å². The third kappa shape index (κ3) is 6.61. The molecule has 1 saturated carbocycles. The Morgan fingerprint density at radius 3 is 2.65 bits per heavy atom. The molecule has 0 heterocycles. The Hall–Kier alpha value is -0.750. The third-order valence-electron chi connectivity index (χ3n) is 3.29. The lowest BCUT2D eigenvalue weighted by molar-refractivity contribution is -0.151. The number of hydrogen-bond donors (Lipinski definition) is 1. The van der Waals surface area contributed by atoms with Crippen molar-refractivity contribution in [1.82, 2.24) is 5.32 Å². The summed E-state index contributed by atoms with van der Waals surface area (Å²) in [5, 5.41) is 3.33. The minimum atomic E-state index is -2.42. The largest absolute Gasteiger partial charge is 0.465 e. The molecule has 118 valence electrons. The number of nitrogens with one attached hydrogen (secondary N) is 1. The van der Waals surface area contributed by atoms with Crippen molar-refractivity contribution in [3.63, 3.8) is 0 Å². The van der Waals surface area contributed by atoms with Crippen LogP contribution in [0.1, 0.15) is 46.0 Å². The van der Waals surface area contributed by atoms with Gasteiger partial charge >= 0.3 is 5.97 Å². The molecule has 1 aliphatic carbocycles. The van der Waals surface area contributed by atoms with Crippen molar-refractivity contribution >= 4 is 5.97 Å². The molecule has 20 heavy (non-hydrogen) atoms. The van der Waals surface area contributed by atoms with Crippen LogP contribution in [-0.4, -0.2) is 43.8 Å². The maximum absolute atomic E-state index is 12.0. The minimum Gasteiger partial charge on any atom is -0.465 e. The van der Waals surface area contributed by atoms with E-state index in [0.29, 0.717) is 32.1 Å². The van der Waals surface area contributed by atoms with Crippen LogP contribution < -0.4 is 5.32 Å². The monoisotopic (exact) mass is 293 g/mol. The van der Waals surface area contributed by atoms with Gasteiger partial charge < -0.3 is 9.47 Å². The van der Waals surface area contributed by atoms with Crippen LogP contribution >= 0.6 is 0 Å². The van der Waals surface area contributed by atoms with Crippen molar-refractivity contribution in [3.05, 3.63) is 0 Å². The minimum absolute atomic E-state index is 0.236. The van der Waals surface area contributed by atoms with Crippen molar-refractivity contribution in [3.8, 4) is 0 Å². The average Bonchev–Trinajstić information content (AvgIpc) is 3.17. The number of ether oxygens (including phenoxy) is 2. The first-order chi connectivity index (χ1) is 9.48. The number of hydrogen-bond acceptors (Lipinski definition) is 4. The molecule has 0 radical (unpaired) electrons. The van der Waals surface area contributed by atoms with Gasteiger partial charge in [-0.15, -0.1) is 0 Å². The van der Waals surface area contributed by atoms with Gasteiger partial charge in [-0.05, 0) is 46.0 Å². The van der Waals surface area contributed by atoms with Gasteiger partial charge in [0.1, 0.15) is 12.1 Å². The number of carbonyl (C=O) groups excluding carboxylic acids is 1. The summed E-state index contributed by atoms with van der Waals surface area (Å²) in [6.45, 7) is 3.78. The zero-order chi connectivity index (χ0) is 15.0. The summed E-state index contributed by atoms with van der Waals surface area (Å²) >= 11 is 0. The second-order valence-electron chi connectivity index (χ2n) is 5.39. The number of unbranched alkanes of at least 4 members (excludes halogenated alkanes) is 1. The van der Waals surface area contributed by atoms with E-state index in [0.717, 1.165) is 19.3 Å². The fourth-order valence-electron chi connectivity index (χ4n) is 2.06. The first-order valence-corrected chi connectivity index (χ1v) is 7.28. The molecule has 0 saturated heterocycles. The van der Waals surface area contributed by atoms with Crippen LogP contribution in [0.4, 0.5) is 8.78 Å². The predicted octanol–water partition coefficient (Wildman–Crippen LogP) is 2.51. The maximum atomic E-state index is 12.0. The van der Waals surface area contributed by atoms with E-state index in [4.69, 9.17) is 9.47 Å². The van der Waals surface area contributed by atoms with Gasteiger partial charge in [0.25, 0.3) is 6.43 Å². The van der Waals surface area contributed by atoms with Crippen LogP contribution in [0.5, 0.6) is 0 Å². The Morgan fingerprint density at radius 2 is 2.10 bits per heavy atom. The molecule has 0 bridgehead atoms. The third-order valence-corrected chi connectivity index (χ3v) is 3.29. The normalized spacial score (nSPS) is 18.1. The summed E-state index contributed by atoms with van der Waals surface area (Å²) in [6, 6.07) is 0.402. The standard InChI is InChI=1S/C14H25F2NO3/c1-3-20-13(18)14(2,17-11-6-7-11)8-4-5-9-19-10-12(15)16/h11-12,17H,3-10H2,1-2H3. The fraction of sp³-hybridized carbons (Fsp3) is 0.929. The number of carbonyl (C=O) groups is 1. The van der Waals surface area contributed by atoms with E-state index in [9.17, 15) is 13.6 Å². The molecule has 1 fully saturated rings. The van der Waals surface area contributed by atoms with Gasteiger partial charge in [-0.3, -0.25) is 10.1 Å². The van der Waals surface area contributed by atoms with Crippen LogP contribution in [0.15, 0.2) is 0 Å². The predicted molar refractivity (Wildman–Crippen MR) is 71.9 cm³/mol. The summed E-state index contributed by atoms with van der Waals surface area (Å²) < 4.78 is 33.7. The van der Waals surface area contributed by atoms with Crippen LogP contribution in [0, 0.1) is 0 Å². The van der Waals surface area contributed by atoms with Crippen molar-refractivity contribution in [2.45, 2.75) is 64.0 Å². The van der Waals surface area contributed by atoms with Gasteiger partial charge in [0.15, 0.2) is 0 Å². The zero-order valence-electron chi connectivity index (χ0n) is 12.3. The molecule has 0 aliphatic heterocycles. The quantitative estimate of drug-likeness (QED) is 0.470. The Labute approximate surface area is 119 Å². The molecule has 0 aromatic heterocycles. The number of alkyl halides is 2. The highest BCUT2D eigenvalue weighted by Gasteiger charge is 2.38. The molecule has 0 spiro atoms. The Balaban J connectivity index is 2.27. The van der Waals surface area contributed by atoms with Crippen LogP contribution in [-0.2, 0) is 14.3 Å². The maximum Gasteiger partial charge on any atom is 0.326 e. The summed E-state index contributed by atoms with van der Waals surface area (Å²) in [7, 11) is 0. The molecule has 1 atom stereocenters. The van der Waals surface area contributed by atoms with Crippen molar-refractivity contribution in [1.29, 1.82) is 0 Å². The van der Waals surface area contributed by atoms with Gasteiger partial charge in [-0.1, -0.05) is 0 Å². The van der Waals surface area contributed by atoms with E-state index >= 15 is 0 Å². The second kappa shape index (κ2) is 8.52. The summed E-state index contributed by atoms with van der Waals surface area (Å²) in [6.07, 6.45) is 1.78. The van der Waals surface area contributed by atoms with Crippen LogP contribution in [0.25, 0.3) is 0 Å². The highest BCUT2D eigenvalue weighted by molar-refractivity contribution is 5.80. The van der Waals surface area contributed by atoms with Crippen LogP contribution in [0.2, 0.25) is 0 Å². The van der Waals surface area contributed by atoms with Crippen molar-refractivity contribution in [2.75, 3.05) is 19.8 Å². The average molecular weight is 293 g/mol. The number of rotatable bonds is 11. The lowest BCUT2D eigenvalue weighted by Gasteiger charge is -2.28. The lowest BCUT2D eigenvalue weighted by Crippen LogP contribution is -2.51. The van der Waals surface area contributed by atoms with Crippen molar-refractivity contribution < 1.29 is 23.0 Å². The van der Waals surface area contributed by atoms with Gasteiger partial charge in [0.2, 0.25) is 0 Å². The van der Waals surface area contributed by atoms with Gasteiger partial charge in [0.05, 0.1) is 6.61 Å². The summed E-state index contributed by atoms with van der Waals surface area (Å²) in [4.78, 5) is 12.0. The lowest BCUT2D eigenvalue weighted by atomic mass is 9.94. The number of halogens is 2. The van der Waals surface area contributed by atoms with E-state index in [1.807, 2.05) is 6.92 Å². The van der Waals surface area contributed by atoms with E-state index < -0.39 is 18.6 Å². The molecule has 1 N–H and O–H groups in total. The topological polar surface area (TPSA) is 47.6 Å². The molecule has 1 unspecified atom stereocenters. The summed E-state index contributed by atoms with van der Waals surface area (Å²) in [5.74, 6) is -0.236. The smallest absolute Gasteiger partial charge is 0.326 e. The fourth-order valence-corrected chi connectivity index (χ4v) is 2.06. The van der Waals surface area contributed by atoms with E-state index in [1.165, 1.54) is 0 Å². The molecule has 0 aromatic carbocycles. The number of esters is 1. The van der Waals surface area contributed by atoms with Gasteiger partial charge in [-0.25, -0.2) is 8.78 Å². The second-order valence-corrected chi connectivity index (χ2v) is 5.39. The first-order valence-electron chi connectivity index (χ1n) is 7.28. The van der Waals surface area contributed by atoms with Gasteiger partial charge in [-0.2, -0.15) is 0 Å².